The maximum atomic E-state index is 13.4. The molecule has 104 valence electrons. The summed E-state index contributed by atoms with van der Waals surface area (Å²) in [7, 11) is 0. The van der Waals surface area contributed by atoms with Gasteiger partial charge in [0.1, 0.15) is 0 Å². The molecule has 0 aliphatic rings. The molecule has 0 saturated heterocycles. The maximum Gasteiger partial charge on any atom is 0.160 e. The van der Waals surface area contributed by atoms with Gasteiger partial charge in [-0.25, -0.2) is 8.78 Å². The van der Waals surface area contributed by atoms with Crippen molar-refractivity contribution in [3.8, 4) is 0 Å². The summed E-state index contributed by atoms with van der Waals surface area (Å²) in [6.45, 7) is 8.02. The lowest BCUT2D eigenvalue weighted by molar-refractivity contribution is 0.511. The Bertz CT molecular complexity index is 575. The van der Waals surface area contributed by atoms with Gasteiger partial charge < -0.3 is 5.32 Å². The van der Waals surface area contributed by atoms with E-state index in [0.29, 0.717) is 5.92 Å². The average Bonchev–Trinajstić information content (AvgIpc) is 2.68. The largest absolute Gasteiger partial charge is 0.312 e. The molecule has 0 fully saturated rings. The van der Waals surface area contributed by atoms with Crippen LogP contribution >= 0.6 is 11.3 Å². The average molecular weight is 283 g/mol. The van der Waals surface area contributed by atoms with E-state index in [1.54, 1.807) is 11.3 Å². The van der Waals surface area contributed by atoms with Gasteiger partial charge in [0, 0.05) is 16.1 Å². The SMILES string of the molecule is CCCNCc1sc2cc(F)c(F)cc2c1C(C)C. The number of benzene rings is 1. The van der Waals surface area contributed by atoms with Gasteiger partial charge in [0.2, 0.25) is 0 Å². The normalized spacial score (nSPS) is 11.7. The highest BCUT2D eigenvalue weighted by Gasteiger charge is 2.17. The van der Waals surface area contributed by atoms with Crippen molar-refractivity contribution in [1.29, 1.82) is 0 Å². The summed E-state index contributed by atoms with van der Waals surface area (Å²) in [5.74, 6) is -1.23. The van der Waals surface area contributed by atoms with Crippen LogP contribution in [-0.4, -0.2) is 6.54 Å². The van der Waals surface area contributed by atoms with Crippen LogP contribution in [0.5, 0.6) is 0 Å². The van der Waals surface area contributed by atoms with E-state index >= 15 is 0 Å². The lowest BCUT2D eigenvalue weighted by Gasteiger charge is -2.09. The van der Waals surface area contributed by atoms with Crippen LogP contribution in [0.25, 0.3) is 10.1 Å². The predicted molar refractivity (Wildman–Crippen MR) is 77.8 cm³/mol. The number of fused-ring (bicyclic) bond motifs is 1. The summed E-state index contributed by atoms with van der Waals surface area (Å²) in [6, 6.07) is 2.64. The third kappa shape index (κ3) is 2.95. The van der Waals surface area contributed by atoms with Gasteiger partial charge in [-0.05, 0) is 42.0 Å². The van der Waals surface area contributed by atoms with Crippen molar-refractivity contribution in [2.45, 2.75) is 39.7 Å². The van der Waals surface area contributed by atoms with E-state index < -0.39 is 11.6 Å². The van der Waals surface area contributed by atoms with Gasteiger partial charge in [-0.2, -0.15) is 0 Å². The topological polar surface area (TPSA) is 12.0 Å². The van der Waals surface area contributed by atoms with Crippen molar-refractivity contribution in [2.75, 3.05) is 6.54 Å². The summed E-state index contributed by atoms with van der Waals surface area (Å²) in [5, 5.41) is 4.21. The Balaban J connectivity index is 2.47. The molecule has 0 amide bonds. The highest BCUT2D eigenvalue weighted by atomic mass is 32.1. The van der Waals surface area contributed by atoms with Crippen molar-refractivity contribution in [3.05, 3.63) is 34.2 Å². The van der Waals surface area contributed by atoms with Crippen LogP contribution < -0.4 is 5.32 Å². The van der Waals surface area contributed by atoms with Gasteiger partial charge in [-0.1, -0.05) is 20.8 Å². The van der Waals surface area contributed by atoms with E-state index in [4.69, 9.17) is 0 Å². The number of thiophene rings is 1. The van der Waals surface area contributed by atoms with Crippen LogP contribution in [0.2, 0.25) is 0 Å². The third-order valence-electron chi connectivity index (χ3n) is 3.14. The summed E-state index contributed by atoms with van der Waals surface area (Å²) in [6.07, 6.45) is 1.07. The van der Waals surface area contributed by atoms with Crippen molar-refractivity contribution in [2.24, 2.45) is 0 Å². The molecule has 2 aromatic rings. The Morgan fingerprint density at radius 1 is 1.21 bits per heavy atom. The van der Waals surface area contributed by atoms with Gasteiger partial charge in [0.25, 0.3) is 0 Å². The minimum atomic E-state index is -0.767. The van der Waals surface area contributed by atoms with Crippen LogP contribution in [0.1, 0.15) is 43.6 Å². The lowest BCUT2D eigenvalue weighted by atomic mass is 9.99. The second kappa shape index (κ2) is 5.97. The molecule has 0 aliphatic carbocycles. The van der Waals surface area contributed by atoms with Crippen LogP contribution in [0, 0.1) is 11.6 Å². The minimum absolute atomic E-state index is 0.303. The molecule has 1 N–H and O–H groups in total. The summed E-state index contributed by atoms with van der Waals surface area (Å²) >= 11 is 1.56. The molecule has 1 nitrogen and oxygen atoms in total. The number of nitrogens with one attached hydrogen (secondary N) is 1. The van der Waals surface area contributed by atoms with Crippen molar-refractivity contribution < 1.29 is 8.78 Å². The molecule has 2 rings (SSSR count). The zero-order chi connectivity index (χ0) is 14.0. The number of hydrogen-bond donors (Lipinski definition) is 1. The molecule has 4 heteroatoms. The van der Waals surface area contributed by atoms with Gasteiger partial charge in [-0.3, -0.25) is 0 Å². The predicted octanol–water partition coefficient (Wildman–Crippen LogP) is 4.80. The quantitative estimate of drug-likeness (QED) is 0.777. The smallest absolute Gasteiger partial charge is 0.160 e. The van der Waals surface area contributed by atoms with Crippen molar-refractivity contribution in [1.82, 2.24) is 5.32 Å². The van der Waals surface area contributed by atoms with Crippen LogP contribution in [-0.2, 0) is 6.54 Å². The van der Waals surface area contributed by atoms with Crippen LogP contribution in [0.4, 0.5) is 8.78 Å². The lowest BCUT2D eigenvalue weighted by Crippen LogP contribution is -2.14. The van der Waals surface area contributed by atoms with E-state index in [9.17, 15) is 8.78 Å². The first-order valence-electron chi connectivity index (χ1n) is 6.65. The molecule has 0 spiro atoms. The summed E-state index contributed by atoms with van der Waals surface area (Å²) < 4.78 is 27.6. The van der Waals surface area contributed by atoms with E-state index in [-0.39, 0.29) is 0 Å². The minimum Gasteiger partial charge on any atom is -0.312 e. The Hall–Kier alpha value is -1.00. The van der Waals surface area contributed by atoms with Gasteiger partial charge in [0.05, 0.1) is 0 Å². The third-order valence-corrected chi connectivity index (χ3v) is 4.30. The molecule has 0 saturated carbocycles. The molecule has 0 bridgehead atoms. The molecule has 0 aliphatic heterocycles. The second-order valence-corrected chi connectivity index (χ2v) is 6.17. The molecule has 0 atom stereocenters. The second-order valence-electron chi connectivity index (χ2n) is 5.03. The Morgan fingerprint density at radius 3 is 2.53 bits per heavy atom. The van der Waals surface area contributed by atoms with Crippen LogP contribution in [0.15, 0.2) is 12.1 Å². The molecule has 1 aromatic heterocycles. The van der Waals surface area contributed by atoms with E-state index in [0.717, 1.165) is 35.2 Å². The van der Waals surface area contributed by atoms with E-state index in [2.05, 4.69) is 26.1 Å². The Labute approximate surface area is 116 Å². The first kappa shape index (κ1) is 14.4. The molecular formula is C15H19F2NS. The Morgan fingerprint density at radius 2 is 1.89 bits per heavy atom. The fourth-order valence-electron chi connectivity index (χ4n) is 2.30. The fourth-order valence-corrected chi connectivity index (χ4v) is 3.64. The van der Waals surface area contributed by atoms with E-state index in [1.807, 2.05) is 0 Å². The summed E-state index contributed by atoms with van der Waals surface area (Å²) in [5.41, 5.74) is 1.14. The van der Waals surface area contributed by atoms with Gasteiger partial charge in [-0.15, -0.1) is 11.3 Å². The van der Waals surface area contributed by atoms with Crippen molar-refractivity contribution in [3.63, 3.8) is 0 Å². The van der Waals surface area contributed by atoms with Crippen LogP contribution in [0.3, 0.4) is 0 Å². The Kier molecular flexibility index (Phi) is 4.53. The molecule has 0 unspecified atom stereocenters. The molecule has 19 heavy (non-hydrogen) atoms. The van der Waals surface area contributed by atoms with E-state index in [1.165, 1.54) is 17.0 Å². The van der Waals surface area contributed by atoms with Gasteiger partial charge >= 0.3 is 0 Å². The first-order chi connectivity index (χ1) is 9.04. The first-order valence-corrected chi connectivity index (χ1v) is 7.47. The highest BCUT2D eigenvalue weighted by molar-refractivity contribution is 7.19. The monoisotopic (exact) mass is 283 g/mol. The molecule has 1 aromatic carbocycles. The number of halogens is 2. The fraction of sp³-hybridized carbons (Fsp3) is 0.467. The zero-order valence-corrected chi connectivity index (χ0v) is 12.3. The molecule has 1 heterocycles. The maximum absolute atomic E-state index is 13.4. The highest BCUT2D eigenvalue weighted by Crippen LogP contribution is 2.37. The van der Waals surface area contributed by atoms with Gasteiger partial charge in [0.15, 0.2) is 11.6 Å². The molecular weight excluding hydrogens is 264 g/mol. The molecule has 0 radical (unpaired) electrons. The zero-order valence-electron chi connectivity index (χ0n) is 11.5. The van der Waals surface area contributed by atoms with Crippen molar-refractivity contribution >= 4 is 21.4 Å². The number of hydrogen-bond acceptors (Lipinski definition) is 2. The summed E-state index contributed by atoms with van der Waals surface area (Å²) in [4.78, 5) is 1.18. The standard InChI is InChI=1S/C15H19F2NS/c1-4-5-18-8-14-15(9(2)3)10-6-11(16)12(17)7-13(10)19-14/h6-7,9,18H,4-5,8H2,1-3H3. The number of rotatable bonds is 5.